The van der Waals surface area contributed by atoms with Gasteiger partial charge in [0.1, 0.15) is 0 Å². The molecule has 2 aromatic rings. The van der Waals surface area contributed by atoms with Gasteiger partial charge in [-0.15, -0.1) is 0 Å². The molecule has 1 unspecified atom stereocenters. The number of hydrogen-bond acceptors (Lipinski definition) is 1. The van der Waals surface area contributed by atoms with E-state index in [4.69, 9.17) is 0 Å². The van der Waals surface area contributed by atoms with E-state index in [0.717, 1.165) is 22.0 Å². The highest BCUT2D eigenvalue weighted by molar-refractivity contribution is 9.10. The third-order valence-corrected chi connectivity index (χ3v) is 4.16. The number of halogens is 1. The smallest absolute Gasteiger partial charge is 0.167 e. The summed E-state index contributed by atoms with van der Waals surface area (Å²) in [6.07, 6.45) is 1.56. The van der Waals surface area contributed by atoms with Crippen LogP contribution in [0.5, 0.6) is 0 Å². The van der Waals surface area contributed by atoms with Crippen LogP contribution >= 0.6 is 15.9 Å². The Morgan fingerprint density at radius 3 is 2.45 bits per heavy atom. The van der Waals surface area contributed by atoms with E-state index in [1.165, 1.54) is 5.56 Å². The second-order valence-electron chi connectivity index (χ2n) is 5.16. The maximum Gasteiger partial charge on any atom is 0.167 e. The molecule has 0 aromatic heterocycles. The van der Waals surface area contributed by atoms with Crippen LogP contribution < -0.4 is 0 Å². The Bertz CT molecular complexity index is 587. The van der Waals surface area contributed by atoms with E-state index < -0.39 is 0 Å². The predicted octanol–water partition coefficient (Wildman–Crippen LogP) is 5.39. The highest BCUT2D eigenvalue weighted by atomic mass is 79.9. The molecule has 0 aliphatic heterocycles. The van der Waals surface area contributed by atoms with Gasteiger partial charge in [-0.3, -0.25) is 4.79 Å². The summed E-state index contributed by atoms with van der Waals surface area (Å²) in [5.74, 6) is 0.711. The molecular weight excluding hydrogens is 312 g/mol. The highest BCUT2D eigenvalue weighted by Gasteiger charge is 2.09. The van der Waals surface area contributed by atoms with Crippen molar-refractivity contribution in [1.29, 1.82) is 0 Å². The molecule has 0 aliphatic carbocycles. The molecule has 0 amide bonds. The van der Waals surface area contributed by atoms with Gasteiger partial charge >= 0.3 is 0 Å². The summed E-state index contributed by atoms with van der Waals surface area (Å²) >= 11 is 3.43. The van der Waals surface area contributed by atoms with E-state index >= 15 is 0 Å². The van der Waals surface area contributed by atoms with Crippen molar-refractivity contribution in [3.8, 4) is 0 Å². The fraction of sp³-hybridized carbons (Fsp3) is 0.278. The van der Waals surface area contributed by atoms with Gasteiger partial charge in [-0.25, -0.2) is 0 Å². The first-order valence-corrected chi connectivity index (χ1v) is 7.77. The number of carbonyl (C=O) groups excluding carboxylic acids is 1. The van der Waals surface area contributed by atoms with Gasteiger partial charge in [0.15, 0.2) is 5.78 Å². The first-order valence-electron chi connectivity index (χ1n) is 6.97. The second kappa shape index (κ2) is 6.85. The van der Waals surface area contributed by atoms with Crippen molar-refractivity contribution in [2.75, 3.05) is 0 Å². The van der Waals surface area contributed by atoms with Crippen LogP contribution in [0.3, 0.4) is 0 Å². The first-order chi connectivity index (χ1) is 9.60. The lowest BCUT2D eigenvalue weighted by molar-refractivity contribution is 0.0993. The highest BCUT2D eigenvalue weighted by Crippen LogP contribution is 2.20. The molecule has 1 nitrogen and oxygen atoms in total. The fourth-order valence-electron chi connectivity index (χ4n) is 2.17. The zero-order valence-electron chi connectivity index (χ0n) is 11.9. The minimum atomic E-state index is 0.166. The number of Topliss-reactive ketones (excluding diaryl/α,β-unsaturated/α-hetero) is 1. The Hall–Kier alpha value is -1.41. The molecular formula is C18H19BrO. The number of hydrogen-bond donors (Lipinski definition) is 0. The summed E-state index contributed by atoms with van der Waals surface area (Å²) < 4.78 is 1.01. The van der Waals surface area contributed by atoms with Crippen molar-refractivity contribution in [3.63, 3.8) is 0 Å². The molecule has 1 atom stereocenters. The largest absolute Gasteiger partial charge is 0.294 e. The number of rotatable bonds is 5. The van der Waals surface area contributed by atoms with Crippen LogP contribution in [0.1, 0.15) is 47.7 Å². The normalized spacial score (nSPS) is 12.2. The molecule has 2 rings (SSSR count). The maximum atomic E-state index is 12.3. The van der Waals surface area contributed by atoms with E-state index in [2.05, 4.69) is 41.9 Å². The fourth-order valence-corrected chi connectivity index (χ4v) is 2.61. The molecule has 20 heavy (non-hydrogen) atoms. The summed E-state index contributed by atoms with van der Waals surface area (Å²) in [7, 11) is 0. The molecule has 0 saturated heterocycles. The lowest BCUT2D eigenvalue weighted by atomic mass is 9.96. The molecule has 0 bridgehead atoms. The van der Waals surface area contributed by atoms with E-state index in [9.17, 15) is 4.79 Å². The topological polar surface area (TPSA) is 17.1 Å². The van der Waals surface area contributed by atoms with Gasteiger partial charge in [-0.2, -0.15) is 0 Å². The summed E-state index contributed by atoms with van der Waals surface area (Å²) in [5, 5.41) is 0. The van der Waals surface area contributed by atoms with E-state index in [-0.39, 0.29) is 5.78 Å². The van der Waals surface area contributed by atoms with Crippen LogP contribution in [0.15, 0.2) is 53.0 Å². The van der Waals surface area contributed by atoms with E-state index in [0.29, 0.717) is 12.3 Å². The Kier molecular flexibility index (Phi) is 5.13. The SMILES string of the molecule is CCC(C)c1ccc(C(=O)Cc2cccc(Br)c2)cc1. The van der Waals surface area contributed by atoms with Gasteiger partial charge in [-0.1, -0.05) is 66.2 Å². The van der Waals surface area contributed by atoms with E-state index in [1.54, 1.807) is 0 Å². The molecule has 0 heterocycles. The Morgan fingerprint density at radius 1 is 1.15 bits per heavy atom. The third kappa shape index (κ3) is 3.80. The monoisotopic (exact) mass is 330 g/mol. The quantitative estimate of drug-likeness (QED) is 0.672. The molecule has 0 spiro atoms. The van der Waals surface area contributed by atoms with Crippen LogP contribution in [0, 0.1) is 0 Å². The maximum absolute atomic E-state index is 12.3. The zero-order valence-corrected chi connectivity index (χ0v) is 13.5. The van der Waals surface area contributed by atoms with E-state index in [1.807, 2.05) is 36.4 Å². The van der Waals surface area contributed by atoms with Crippen LogP contribution in [0.25, 0.3) is 0 Å². The van der Waals surface area contributed by atoms with Gasteiger partial charge in [0.05, 0.1) is 0 Å². The molecule has 104 valence electrons. The molecule has 0 N–H and O–H groups in total. The van der Waals surface area contributed by atoms with Gasteiger partial charge in [0, 0.05) is 16.5 Å². The average molecular weight is 331 g/mol. The van der Waals surface area contributed by atoms with Gasteiger partial charge in [0.2, 0.25) is 0 Å². The summed E-state index contributed by atoms with van der Waals surface area (Å²) in [6, 6.07) is 15.9. The van der Waals surface area contributed by atoms with Crippen LogP contribution in [-0.2, 0) is 6.42 Å². The Labute approximate surface area is 129 Å². The minimum Gasteiger partial charge on any atom is -0.294 e. The zero-order chi connectivity index (χ0) is 14.5. The molecule has 0 saturated carbocycles. The van der Waals surface area contributed by atoms with Crippen molar-refractivity contribution in [2.24, 2.45) is 0 Å². The predicted molar refractivity (Wildman–Crippen MR) is 87.3 cm³/mol. The summed E-state index contributed by atoms with van der Waals surface area (Å²) in [5.41, 5.74) is 3.12. The molecule has 0 fully saturated rings. The van der Waals surface area contributed by atoms with Gasteiger partial charge < -0.3 is 0 Å². The Balaban J connectivity index is 2.09. The lowest BCUT2D eigenvalue weighted by Crippen LogP contribution is -2.04. The number of ketones is 1. The average Bonchev–Trinajstić information content (AvgIpc) is 2.46. The summed E-state index contributed by atoms with van der Waals surface area (Å²) in [4.78, 5) is 12.3. The number of benzene rings is 2. The summed E-state index contributed by atoms with van der Waals surface area (Å²) in [6.45, 7) is 4.38. The molecule has 0 radical (unpaired) electrons. The molecule has 2 heteroatoms. The second-order valence-corrected chi connectivity index (χ2v) is 6.08. The molecule has 2 aromatic carbocycles. The van der Waals surface area contributed by atoms with Gasteiger partial charge in [-0.05, 0) is 35.6 Å². The third-order valence-electron chi connectivity index (χ3n) is 3.67. The van der Waals surface area contributed by atoms with Crippen LogP contribution in [0.4, 0.5) is 0 Å². The van der Waals surface area contributed by atoms with Crippen molar-refractivity contribution < 1.29 is 4.79 Å². The van der Waals surface area contributed by atoms with Crippen LogP contribution in [-0.4, -0.2) is 5.78 Å². The van der Waals surface area contributed by atoms with Gasteiger partial charge in [0.25, 0.3) is 0 Å². The van der Waals surface area contributed by atoms with Crippen molar-refractivity contribution in [3.05, 3.63) is 69.7 Å². The first kappa shape index (κ1) is 15.0. The van der Waals surface area contributed by atoms with Crippen molar-refractivity contribution >= 4 is 21.7 Å². The van der Waals surface area contributed by atoms with Crippen molar-refractivity contribution in [1.82, 2.24) is 0 Å². The standard InChI is InChI=1S/C18H19BrO/c1-3-13(2)15-7-9-16(10-8-15)18(20)12-14-5-4-6-17(19)11-14/h4-11,13H,3,12H2,1-2H3. The lowest BCUT2D eigenvalue weighted by Gasteiger charge is -2.09. The van der Waals surface area contributed by atoms with Crippen molar-refractivity contribution in [2.45, 2.75) is 32.6 Å². The number of carbonyl (C=O) groups is 1. The Morgan fingerprint density at radius 2 is 1.85 bits per heavy atom. The molecule has 0 aliphatic rings. The van der Waals surface area contributed by atoms with Crippen LogP contribution in [0.2, 0.25) is 0 Å². The minimum absolute atomic E-state index is 0.166.